The van der Waals surface area contributed by atoms with Crippen LogP contribution in [0.4, 0.5) is 0 Å². The summed E-state index contributed by atoms with van der Waals surface area (Å²) < 4.78 is 11.3. The zero-order valence-electron chi connectivity index (χ0n) is 17.9. The maximum Gasteiger partial charge on any atom is 0.200 e. The molecular formula is C26H25NO4. The van der Waals surface area contributed by atoms with Gasteiger partial charge in [-0.1, -0.05) is 42.5 Å². The van der Waals surface area contributed by atoms with Crippen LogP contribution in [-0.2, 0) is 13.1 Å². The number of fused-ring (bicyclic) bond motifs is 1. The lowest BCUT2D eigenvalue weighted by Gasteiger charge is -2.19. The van der Waals surface area contributed by atoms with E-state index in [-0.39, 0.29) is 11.2 Å². The molecule has 0 saturated carbocycles. The van der Waals surface area contributed by atoms with Gasteiger partial charge in [0.2, 0.25) is 5.43 Å². The van der Waals surface area contributed by atoms with Crippen molar-refractivity contribution < 1.29 is 14.3 Å². The Balaban J connectivity index is 1.75. The Morgan fingerprint density at radius 1 is 0.968 bits per heavy atom. The molecular weight excluding hydrogens is 390 g/mol. The van der Waals surface area contributed by atoms with Crippen molar-refractivity contribution in [3.63, 3.8) is 0 Å². The molecule has 3 aromatic carbocycles. The van der Waals surface area contributed by atoms with E-state index >= 15 is 0 Å². The summed E-state index contributed by atoms with van der Waals surface area (Å²) in [5.74, 6) is 1.35. The highest BCUT2D eigenvalue weighted by molar-refractivity contribution is 5.86. The molecule has 0 aliphatic carbocycles. The van der Waals surface area contributed by atoms with E-state index in [2.05, 4.69) is 17.0 Å². The Bertz CT molecular complexity index is 1260. The maximum absolute atomic E-state index is 13.4. The molecule has 0 spiro atoms. The lowest BCUT2D eigenvalue weighted by atomic mass is 10.0. The largest absolute Gasteiger partial charge is 0.507 e. The summed E-state index contributed by atoms with van der Waals surface area (Å²) in [5.41, 5.74) is 3.38. The van der Waals surface area contributed by atoms with E-state index in [1.54, 1.807) is 26.2 Å². The van der Waals surface area contributed by atoms with Crippen LogP contribution >= 0.6 is 0 Å². The van der Waals surface area contributed by atoms with Gasteiger partial charge in [-0.3, -0.25) is 9.69 Å². The van der Waals surface area contributed by atoms with Gasteiger partial charge in [-0.2, -0.15) is 0 Å². The molecule has 0 aliphatic heterocycles. The molecule has 158 valence electrons. The first-order valence-corrected chi connectivity index (χ1v) is 10.1. The molecule has 0 unspecified atom stereocenters. The molecule has 4 aromatic rings. The van der Waals surface area contributed by atoms with Crippen molar-refractivity contribution in [3.05, 3.63) is 93.8 Å². The SMILES string of the molecule is COc1ccc(-c2c(C)oc3c(CN(C)Cc4ccccc4)c(O)ccc3c2=O)cc1. The molecule has 0 radical (unpaired) electrons. The first-order valence-electron chi connectivity index (χ1n) is 10.1. The fraction of sp³-hybridized carbons (Fsp3) is 0.192. The normalized spacial score (nSPS) is 11.2. The smallest absolute Gasteiger partial charge is 0.200 e. The molecule has 0 saturated heterocycles. The molecule has 0 atom stereocenters. The number of phenols is 1. The minimum atomic E-state index is -0.115. The number of phenolic OH excluding ortho intramolecular Hbond substituents is 1. The van der Waals surface area contributed by atoms with Crippen molar-refractivity contribution in [2.24, 2.45) is 0 Å². The fourth-order valence-electron chi connectivity index (χ4n) is 3.88. The average Bonchev–Trinajstić information content (AvgIpc) is 2.77. The monoisotopic (exact) mass is 415 g/mol. The van der Waals surface area contributed by atoms with E-state index < -0.39 is 0 Å². The van der Waals surface area contributed by atoms with Crippen LogP contribution in [0.25, 0.3) is 22.1 Å². The van der Waals surface area contributed by atoms with Crippen molar-refractivity contribution in [1.82, 2.24) is 4.90 Å². The predicted octanol–water partition coefficient (Wildman–Crippen LogP) is 5.11. The van der Waals surface area contributed by atoms with Gasteiger partial charge in [0.15, 0.2) is 0 Å². The average molecular weight is 415 g/mol. The second-order valence-corrected chi connectivity index (χ2v) is 7.69. The van der Waals surface area contributed by atoms with E-state index in [4.69, 9.17) is 9.15 Å². The van der Waals surface area contributed by atoms with E-state index in [0.29, 0.717) is 40.9 Å². The molecule has 1 aromatic heterocycles. The van der Waals surface area contributed by atoms with Gasteiger partial charge in [-0.15, -0.1) is 0 Å². The number of aryl methyl sites for hydroxylation is 1. The lowest BCUT2D eigenvalue weighted by Crippen LogP contribution is -2.18. The number of rotatable bonds is 6. The Morgan fingerprint density at radius 2 is 1.68 bits per heavy atom. The van der Waals surface area contributed by atoms with E-state index in [0.717, 1.165) is 11.3 Å². The maximum atomic E-state index is 13.4. The molecule has 31 heavy (non-hydrogen) atoms. The summed E-state index contributed by atoms with van der Waals surface area (Å²) in [6, 6.07) is 20.6. The molecule has 1 N–H and O–H groups in total. The zero-order chi connectivity index (χ0) is 22.0. The number of hydrogen-bond acceptors (Lipinski definition) is 5. The lowest BCUT2D eigenvalue weighted by molar-refractivity contribution is 0.312. The summed E-state index contributed by atoms with van der Waals surface area (Å²) in [6.45, 7) is 2.94. The number of methoxy groups -OCH3 is 1. The van der Waals surface area contributed by atoms with Crippen LogP contribution in [-0.4, -0.2) is 24.2 Å². The second kappa shape index (κ2) is 8.66. The number of benzene rings is 3. The highest BCUT2D eigenvalue weighted by Gasteiger charge is 2.19. The Morgan fingerprint density at radius 3 is 2.35 bits per heavy atom. The van der Waals surface area contributed by atoms with E-state index in [1.165, 1.54) is 5.56 Å². The standard InChI is InChI=1S/C26H25NO4/c1-17-24(19-9-11-20(30-3)12-10-19)25(29)21-13-14-23(28)22(26(21)31-17)16-27(2)15-18-7-5-4-6-8-18/h4-14,28H,15-16H2,1-3H3. The van der Waals surface area contributed by atoms with Crippen molar-refractivity contribution >= 4 is 11.0 Å². The zero-order valence-corrected chi connectivity index (χ0v) is 17.9. The third-order valence-corrected chi connectivity index (χ3v) is 5.42. The van der Waals surface area contributed by atoms with Crippen molar-refractivity contribution in [3.8, 4) is 22.6 Å². The van der Waals surface area contributed by atoms with Gasteiger partial charge in [0.1, 0.15) is 22.8 Å². The second-order valence-electron chi connectivity index (χ2n) is 7.69. The molecule has 1 heterocycles. The van der Waals surface area contributed by atoms with Gasteiger partial charge in [0.25, 0.3) is 0 Å². The predicted molar refractivity (Wildman–Crippen MR) is 122 cm³/mol. The van der Waals surface area contributed by atoms with E-state index in [1.807, 2.05) is 49.5 Å². The summed E-state index contributed by atoms with van der Waals surface area (Å²) in [4.78, 5) is 15.4. The van der Waals surface area contributed by atoms with Crippen LogP contribution < -0.4 is 10.2 Å². The van der Waals surface area contributed by atoms with Crippen LogP contribution in [0.5, 0.6) is 11.5 Å². The third kappa shape index (κ3) is 4.18. The minimum absolute atomic E-state index is 0.115. The molecule has 0 aliphatic rings. The number of aromatic hydroxyl groups is 1. The first-order chi connectivity index (χ1) is 15.0. The van der Waals surface area contributed by atoms with Gasteiger partial charge < -0.3 is 14.3 Å². The quantitative estimate of drug-likeness (QED) is 0.474. The summed E-state index contributed by atoms with van der Waals surface area (Å²) in [7, 11) is 3.58. The van der Waals surface area contributed by atoms with Crippen LogP contribution in [0.2, 0.25) is 0 Å². The van der Waals surface area contributed by atoms with E-state index in [9.17, 15) is 9.90 Å². The fourth-order valence-corrected chi connectivity index (χ4v) is 3.88. The minimum Gasteiger partial charge on any atom is -0.507 e. The third-order valence-electron chi connectivity index (χ3n) is 5.42. The Labute approximate surface area is 181 Å². The van der Waals surface area contributed by atoms with Crippen molar-refractivity contribution in [1.29, 1.82) is 0 Å². The van der Waals surface area contributed by atoms with Crippen LogP contribution in [0.1, 0.15) is 16.9 Å². The Hall–Kier alpha value is -3.57. The topological polar surface area (TPSA) is 62.9 Å². The van der Waals surface area contributed by atoms with Crippen molar-refractivity contribution in [2.45, 2.75) is 20.0 Å². The molecule has 4 rings (SSSR count). The molecule has 0 amide bonds. The molecule has 5 heteroatoms. The number of hydrogen-bond donors (Lipinski definition) is 1. The van der Waals surface area contributed by atoms with Gasteiger partial charge in [0.05, 0.1) is 23.6 Å². The van der Waals surface area contributed by atoms with Gasteiger partial charge in [-0.25, -0.2) is 0 Å². The van der Waals surface area contributed by atoms with Crippen LogP contribution in [0.3, 0.4) is 0 Å². The van der Waals surface area contributed by atoms with Crippen LogP contribution in [0.15, 0.2) is 75.9 Å². The van der Waals surface area contributed by atoms with Gasteiger partial charge in [0, 0.05) is 13.1 Å². The highest BCUT2D eigenvalue weighted by atomic mass is 16.5. The first kappa shape index (κ1) is 20.7. The highest BCUT2D eigenvalue weighted by Crippen LogP contribution is 2.31. The molecule has 0 fully saturated rings. The van der Waals surface area contributed by atoms with Gasteiger partial charge in [-0.05, 0) is 49.4 Å². The Kier molecular flexibility index (Phi) is 5.78. The number of ether oxygens (including phenoxy) is 1. The summed E-state index contributed by atoms with van der Waals surface area (Å²) in [6.07, 6.45) is 0. The summed E-state index contributed by atoms with van der Waals surface area (Å²) in [5, 5.41) is 11.0. The van der Waals surface area contributed by atoms with Gasteiger partial charge >= 0.3 is 0 Å². The summed E-state index contributed by atoms with van der Waals surface area (Å²) >= 11 is 0. The molecule has 0 bridgehead atoms. The number of nitrogens with zero attached hydrogens (tertiary/aromatic N) is 1. The van der Waals surface area contributed by atoms with Crippen molar-refractivity contribution in [2.75, 3.05) is 14.2 Å². The van der Waals surface area contributed by atoms with Crippen LogP contribution in [0, 0.1) is 6.92 Å². The molecule has 5 nitrogen and oxygen atoms in total.